The fraction of sp³-hybridized carbons (Fsp3) is 0.458. The first-order chi connectivity index (χ1) is 15.0. The lowest BCUT2D eigenvalue weighted by Gasteiger charge is -2.33. The number of carbonyl (C=O) groups is 2. The van der Waals surface area contributed by atoms with E-state index in [0.29, 0.717) is 19.6 Å². The van der Waals surface area contributed by atoms with Gasteiger partial charge in [-0.05, 0) is 50.2 Å². The van der Waals surface area contributed by atoms with Gasteiger partial charge in [0.25, 0.3) is 5.91 Å². The second-order valence-corrected chi connectivity index (χ2v) is 9.11. The van der Waals surface area contributed by atoms with E-state index in [-0.39, 0.29) is 23.1 Å². The normalized spacial score (nSPS) is 19.7. The largest absolute Gasteiger partial charge is 0.358 e. The van der Waals surface area contributed by atoms with Gasteiger partial charge >= 0.3 is 0 Å². The van der Waals surface area contributed by atoms with Crippen LogP contribution in [0.5, 0.6) is 0 Å². The Kier molecular flexibility index (Phi) is 4.84. The summed E-state index contributed by atoms with van der Waals surface area (Å²) in [5.41, 5.74) is 4.06. The molecule has 1 saturated carbocycles. The van der Waals surface area contributed by atoms with Crippen molar-refractivity contribution in [1.82, 2.24) is 24.8 Å². The van der Waals surface area contributed by atoms with E-state index >= 15 is 0 Å². The van der Waals surface area contributed by atoms with Crippen LogP contribution in [0.3, 0.4) is 0 Å². The molecule has 3 heterocycles. The quantitative estimate of drug-likeness (QED) is 0.667. The maximum atomic E-state index is 13.3. The molecule has 2 aliphatic rings. The van der Waals surface area contributed by atoms with E-state index in [1.165, 1.54) is 5.56 Å². The molecule has 1 spiro atoms. The monoisotopic (exact) mass is 419 g/mol. The summed E-state index contributed by atoms with van der Waals surface area (Å²) in [5, 5.41) is 4.19. The number of amides is 2. The number of aromatic nitrogens is 3. The molecule has 7 nitrogen and oxygen atoms in total. The summed E-state index contributed by atoms with van der Waals surface area (Å²) in [6, 6.07) is 5.95. The zero-order chi connectivity index (χ0) is 21.6. The second-order valence-electron chi connectivity index (χ2n) is 9.11. The van der Waals surface area contributed by atoms with Crippen molar-refractivity contribution in [2.45, 2.75) is 39.7 Å². The van der Waals surface area contributed by atoms with E-state index in [9.17, 15) is 9.59 Å². The molecular formula is C24H29N5O2. The van der Waals surface area contributed by atoms with E-state index < -0.39 is 0 Å². The lowest BCUT2D eigenvalue weighted by molar-refractivity contribution is -0.123. The van der Waals surface area contributed by atoms with E-state index in [1.54, 1.807) is 12.5 Å². The Morgan fingerprint density at radius 2 is 2.06 bits per heavy atom. The molecule has 2 fully saturated rings. The number of imidazole rings is 1. The number of fused-ring (bicyclic) bond motifs is 1. The molecule has 2 aromatic heterocycles. The van der Waals surface area contributed by atoms with Gasteiger partial charge in [0.05, 0.1) is 17.4 Å². The number of aromatic amines is 1. The second kappa shape index (κ2) is 7.55. The van der Waals surface area contributed by atoms with Crippen molar-refractivity contribution in [2.24, 2.45) is 11.3 Å². The Morgan fingerprint density at radius 3 is 2.81 bits per heavy atom. The zero-order valence-corrected chi connectivity index (χ0v) is 18.1. The SMILES string of the molecule is Cc1[nH]c2c(C(=O)N3CCC4(CC3)CC4C(=O)NCCn3ccnc3)cccc2c1C. The third-order valence-electron chi connectivity index (χ3n) is 7.35. The van der Waals surface area contributed by atoms with Crippen LogP contribution in [0.15, 0.2) is 36.9 Å². The number of H-pyrrole nitrogens is 1. The summed E-state index contributed by atoms with van der Waals surface area (Å²) in [6.07, 6.45) is 8.14. The Bertz CT molecular complexity index is 1120. The minimum absolute atomic E-state index is 0.0848. The van der Waals surface area contributed by atoms with Gasteiger partial charge in [0.15, 0.2) is 0 Å². The highest BCUT2D eigenvalue weighted by atomic mass is 16.2. The highest BCUT2D eigenvalue weighted by Crippen LogP contribution is 2.59. The topological polar surface area (TPSA) is 83.0 Å². The van der Waals surface area contributed by atoms with Crippen LogP contribution in [-0.4, -0.2) is 50.9 Å². The predicted octanol–water partition coefficient (Wildman–Crippen LogP) is 3.04. The highest BCUT2D eigenvalue weighted by Gasteiger charge is 2.58. The number of carbonyl (C=O) groups excluding carboxylic acids is 2. The number of rotatable bonds is 5. The van der Waals surface area contributed by atoms with Gasteiger partial charge in [-0.3, -0.25) is 9.59 Å². The van der Waals surface area contributed by atoms with E-state index in [2.05, 4.69) is 28.3 Å². The lowest BCUT2D eigenvalue weighted by atomic mass is 9.90. The number of nitrogens with one attached hydrogen (secondary N) is 2. The highest BCUT2D eigenvalue weighted by molar-refractivity contribution is 6.06. The summed E-state index contributed by atoms with van der Waals surface area (Å²) >= 11 is 0. The van der Waals surface area contributed by atoms with Crippen LogP contribution in [0.4, 0.5) is 0 Å². The first-order valence-electron chi connectivity index (χ1n) is 11.1. The van der Waals surface area contributed by atoms with Crippen LogP contribution in [0.2, 0.25) is 0 Å². The van der Waals surface area contributed by atoms with Gasteiger partial charge in [0.2, 0.25) is 5.91 Å². The smallest absolute Gasteiger partial charge is 0.255 e. The fourth-order valence-corrected chi connectivity index (χ4v) is 5.11. The van der Waals surface area contributed by atoms with Crippen LogP contribution < -0.4 is 5.32 Å². The van der Waals surface area contributed by atoms with Crippen LogP contribution in [0, 0.1) is 25.2 Å². The van der Waals surface area contributed by atoms with E-state index in [0.717, 1.165) is 48.0 Å². The summed E-state index contributed by atoms with van der Waals surface area (Å²) in [5.74, 6) is 0.329. The average Bonchev–Trinajstić information content (AvgIpc) is 3.09. The van der Waals surface area contributed by atoms with Gasteiger partial charge in [-0.15, -0.1) is 0 Å². The minimum atomic E-state index is 0.0848. The van der Waals surface area contributed by atoms with Gasteiger partial charge in [0.1, 0.15) is 0 Å². The predicted molar refractivity (Wildman–Crippen MR) is 119 cm³/mol. The number of nitrogens with zero attached hydrogens (tertiary/aromatic N) is 3. The number of hydrogen-bond acceptors (Lipinski definition) is 3. The molecule has 1 atom stereocenters. The Hall–Kier alpha value is -3.09. The summed E-state index contributed by atoms with van der Waals surface area (Å²) < 4.78 is 1.96. The molecule has 2 amide bonds. The molecule has 1 aliphatic heterocycles. The molecule has 3 aromatic rings. The lowest BCUT2D eigenvalue weighted by Crippen LogP contribution is -2.41. The van der Waals surface area contributed by atoms with E-state index in [1.807, 2.05) is 34.7 Å². The molecule has 0 bridgehead atoms. The van der Waals surface area contributed by atoms with Crippen molar-refractivity contribution in [3.05, 3.63) is 53.7 Å². The number of benzene rings is 1. The average molecular weight is 420 g/mol. The van der Waals surface area contributed by atoms with Gasteiger partial charge in [-0.1, -0.05) is 12.1 Å². The van der Waals surface area contributed by atoms with Crippen molar-refractivity contribution in [3.63, 3.8) is 0 Å². The van der Waals surface area contributed by atoms with Crippen LogP contribution >= 0.6 is 0 Å². The zero-order valence-electron chi connectivity index (χ0n) is 18.1. The van der Waals surface area contributed by atoms with Crippen molar-refractivity contribution >= 4 is 22.7 Å². The van der Waals surface area contributed by atoms with Crippen LogP contribution in [-0.2, 0) is 11.3 Å². The molecule has 1 aliphatic carbocycles. The molecular weight excluding hydrogens is 390 g/mol. The Morgan fingerprint density at radius 1 is 1.26 bits per heavy atom. The number of piperidine rings is 1. The van der Waals surface area contributed by atoms with E-state index in [4.69, 9.17) is 0 Å². The van der Waals surface area contributed by atoms with Gasteiger partial charge in [-0.25, -0.2) is 4.98 Å². The summed E-state index contributed by atoms with van der Waals surface area (Å²) in [4.78, 5) is 35.2. The summed E-state index contributed by atoms with van der Waals surface area (Å²) in [6.45, 7) is 6.91. The first kappa shape index (κ1) is 19.8. The third-order valence-corrected chi connectivity index (χ3v) is 7.35. The standard InChI is InChI=1S/C24H29N5O2/c1-16-17(2)27-21-18(16)4-3-5-19(21)23(31)29-10-6-24(7-11-29)14-20(24)22(30)26-9-13-28-12-8-25-15-28/h3-5,8,12,15,20,27H,6-7,9-11,13-14H2,1-2H3,(H,26,30). The molecule has 0 radical (unpaired) electrons. The molecule has 162 valence electrons. The van der Waals surface area contributed by atoms with Crippen molar-refractivity contribution in [3.8, 4) is 0 Å². The fourth-order valence-electron chi connectivity index (χ4n) is 5.11. The van der Waals surface area contributed by atoms with Crippen molar-refractivity contribution < 1.29 is 9.59 Å². The molecule has 1 saturated heterocycles. The third kappa shape index (κ3) is 3.52. The Labute approximate surface area is 181 Å². The van der Waals surface area contributed by atoms with Crippen molar-refractivity contribution in [2.75, 3.05) is 19.6 Å². The minimum Gasteiger partial charge on any atom is -0.358 e. The van der Waals surface area contributed by atoms with Gasteiger partial charge < -0.3 is 19.8 Å². The molecule has 1 unspecified atom stereocenters. The van der Waals surface area contributed by atoms with Crippen LogP contribution in [0.25, 0.3) is 10.9 Å². The van der Waals surface area contributed by atoms with Gasteiger partial charge in [0, 0.05) is 55.6 Å². The molecule has 1 aromatic carbocycles. The van der Waals surface area contributed by atoms with Crippen molar-refractivity contribution in [1.29, 1.82) is 0 Å². The molecule has 7 heteroatoms. The first-order valence-corrected chi connectivity index (χ1v) is 11.1. The maximum Gasteiger partial charge on any atom is 0.255 e. The molecule has 31 heavy (non-hydrogen) atoms. The number of aryl methyl sites for hydroxylation is 2. The number of para-hydroxylation sites is 1. The number of hydrogen-bond donors (Lipinski definition) is 2. The van der Waals surface area contributed by atoms with Crippen LogP contribution in [0.1, 0.15) is 40.9 Å². The number of likely N-dealkylation sites (tertiary alicyclic amines) is 1. The Balaban J connectivity index is 1.18. The molecule has 5 rings (SSSR count). The summed E-state index contributed by atoms with van der Waals surface area (Å²) in [7, 11) is 0. The molecule has 2 N–H and O–H groups in total. The maximum absolute atomic E-state index is 13.3. The van der Waals surface area contributed by atoms with Gasteiger partial charge in [-0.2, -0.15) is 0 Å².